The molecule has 2 N–H and O–H groups in total. The van der Waals surface area contributed by atoms with Crippen LogP contribution in [0.15, 0.2) is 71.4 Å². The third kappa shape index (κ3) is 2.82. The molecule has 6 heteroatoms. The van der Waals surface area contributed by atoms with Crippen LogP contribution in [0.3, 0.4) is 0 Å². The van der Waals surface area contributed by atoms with E-state index in [-0.39, 0.29) is 16.5 Å². The van der Waals surface area contributed by atoms with Crippen LogP contribution in [0.5, 0.6) is 5.75 Å². The largest absolute Gasteiger partial charge is 0.506 e. The zero-order valence-electron chi connectivity index (χ0n) is 14.4. The van der Waals surface area contributed by atoms with Gasteiger partial charge in [-0.25, -0.2) is 4.90 Å². The fourth-order valence-electron chi connectivity index (χ4n) is 3.12. The number of nitrogens with zero attached hydrogens (tertiary/aromatic N) is 1. The van der Waals surface area contributed by atoms with Crippen molar-refractivity contribution in [3.05, 3.63) is 77.0 Å². The van der Waals surface area contributed by atoms with Crippen LogP contribution in [0.4, 0.5) is 11.4 Å². The van der Waals surface area contributed by atoms with Crippen molar-refractivity contribution >= 4 is 45.6 Å². The number of hydrogen-bond acceptors (Lipinski definition) is 4. The highest BCUT2D eigenvalue weighted by molar-refractivity contribution is 6.53. The van der Waals surface area contributed by atoms with E-state index in [1.807, 2.05) is 37.3 Å². The number of phenols is 1. The van der Waals surface area contributed by atoms with Gasteiger partial charge in [0, 0.05) is 5.39 Å². The maximum Gasteiger partial charge on any atom is 0.283 e. The fourth-order valence-corrected chi connectivity index (χ4v) is 3.33. The van der Waals surface area contributed by atoms with Gasteiger partial charge < -0.3 is 10.4 Å². The monoisotopic (exact) mass is 378 g/mol. The van der Waals surface area contributed by atoms with Gasteiger partial charge in [0.25, 0.3) is 11.8 Å². The molecule has 5 nitrogen and oxygen atoms in total. The molecule has 0 atom stereocenters. The van der Waals surface area contributed by atoms with E-state index in [0.717, 1.165) is 21.2 Å². The minimum atomic E-state index is -0.604. The summed E-state index contributed by atoms with van der Waals surface area (Å²) in [4.78, 5) is 26.8. The zero-order chi connectivity index (χ0) is 19.1. The maximum absolute atomic E-state index is 13.0. The first-order chi connectivity index (χ1) is 13.0. The fraction of sp³-hybridized carbons (Fsp3) is 0.0476. The van der Waals surface area contributed by atoms with E-state index in [9.17, 15) is 14.7 Å². The molecule has 134 valence electrons. The lowest BCUT2D eigenvalue weighted by Gasteiger charge is -2.17. The number of halogens is 1. The van der Waals surface area contributed by atoms with E-state index in [0.29, 0.717) is 11.4 Å². The van der Waals surface area contributed by atoms with Crippen molar-refractivity contribution in [2.24, 2.45) is 0 Å². The van der Waals surface area contributed by atoms with Crippen LogP contribution in [0.2, 0.25) is 0 Å². The number of hydrogen-bond donors (Lipinski definition) is 2. The molecule has 0 bridgehead atoms. The lowest BCUT2D eigenvalue weighted by molar-refractivity contribution is -0.120. The minimum Gasteiger partial charge on any atom is -0.506 e. The van der Waals surface area contributed by atoms with Gasteiger partial charge in [-0.1, -0.05) is 54.1 Å². The maximum atomic E-state index is 13.0. The molecule has 0 saturated carbocycles. The number of amides is 2. The quantitative estimate of drug-likeness (QED) is 0.527. The van der Waals surface area contributed by atoms with Gasteiger partial charge in [0.2, 0.25) is 0 Å². The summed E-state index contributed by atoms with van der Waals surface area (Å²) in [7, 11) is 0. The van der Waals surface area contributed by atoms with E-state index in [1.54, 1.807) is 24.3 Å². The van der Waals surface area contributed by atoms with Crippen LogP contribution in [0.25, 0.3) is 10.8 Å². The normalized spacial score (nSPS) is 14.4. The van der Waals surface area contributed by atoms with Gasteiger partial charge in [0.05, 0.1) is 11.4 Å². The Balaban J connectivity index is 1.76. The molecule has 1 heterocycles. The van der Waals surface area contributed by atoms with Gasteiger partial charge in [0.1, 0.15) is 16.5 Å². The van der Waals surface area contributed by atoms with Crippen molar-refractivity contribution in [1.82, 2.24) is 0 Å². The first-order valence-corrected chi connectivity index (χ1v) is 8.68. The number of aryl methyl sites for hydroxylation is 1. The molecule has 1 aliphatic rings. The molecular formula is C21H15ClN2O3. The Labute approximate surface area is 160 Å². The number of carbonyl (C=O) groups excluding carboxylic acids is 2. The third-order valence-electron chi connectivity index (χ3n) is 4.45. The SMILES string of the molecule is Cc1ccc(O)c(NC2=C(Cl)C(=O)N(c3cccc4ccccc34)C2=O)c1. The van der Waals surface area contributed by atoms with Crippen molar-refractivity contribution in [2.45, 2.75) is 6.92 Å². The van der Waals surface area contributed by atoms with Crippen LogP contribution in [0.1, 0.15) is 5.56 Å². The molecule has 4 rings (SSSR count). The molecule has 0 fully saturated rings. The average molecular weight is 379 g/mol. The van der Waals surface area contributed by atoms with Crippen LogP contribution < -0.4 is 10.2 Å². The van der Waals surface area contributed by atoms with Gasteiger partial charge in [-0.3, -0.25) is 9.59 Å². The van der Waals surface area contributed by atoms with E-state index in [4.69, 9.17) is 11.6 Å². The molecule has 0 aromatic heterocycles. The number of anilines is 2. The lowest BCUT2D eigenvalue weighted by atomic mass is 10.1. The number of benzene rings is 3. The van der Waals surface area contributed by atoms with Gasteiger partial charge >= 0.3 is 0 Å². The Kier molecular flexibility index (Phi) is 4.09. The van der Waals surface area contributed by atoms with Crippen molar-refractivity contribution in [3.63, 3.8) is 0 Å². The second kappa shape index (κ2) is 6.45. The summed E-state index contributed by atoms with van der Waals surface area (Å²) in [5.41, 5.74) is 1.60. The number of nitrogens with one attached hydrogen (secondary N) is 1. The number of rotatable bonds is 3. The molecule has 0 radical (unpaired) electrons. The Hall–Kier alpha value is -3.31. The van der Waals surface area contributed by atoms with Gasteiger partial charge in [-0.15, -0.1) is 0 Å². The second-order valence-electron chi connectivity index (χ2n) is 6.28. The van der Waals surface area contributed by atoms with Crippen LogP contribution in [0, 0.1) is 6.92 Å². The molecule has 0 spiro atoms. The highest BCUT2D eigenvalue weighted by atomic mass is 35.5. The van der Waals surface area contributed by atoms with Gasteiger partial charge in [0.15, 0.2) is 0 Å². The molecule has 27 heavy (non-hydrogen) atoms. The summed E-state index contributed by atoms with van der Waals surface area (Å²) in [6.07, 6.45) is 0. The van der Waals surface area contributed by atoms with E-state index in [2.05, 4.69) is 5.32 Å². The van der Waals surface area contributed by atoms with Crippen molar-refractivity contribution in [3.8, 4) is 5.75 Å². The highest BCUT2D eigenvalue weighted by Gasteiger charge is 2.39. The highest BCUT2D eigenvalue weighted by Crippen LogP contribution is 2.35. The topological polar surface area (TPSA) is 69.6 Å². The predicted molar refractivity (Wildman–Crippen MR) is 106 cm³/mol. The summed E-state index contributed by atoms with van der Waals surface area (Å²) in [6.45, 7) is 1.85. The smallest absolute Gasteiger partial charge is 0.283 e. The summed E-state index contributed by atoms with van der Waals surface area (Å²) in [5.74, 6) is -1.21. The van der Waals surface area contributed by atoms with Crippen LogP contribution in [-0.4, -0.2) is 16.9 Å². The molecule has 2 amide bonds. The molecule has 3 aromatic rings. The second-order valence-corrected chi connectivity index (χ2v) is 6.66. The standard InChI is InChI=1S/C21H15ClN2O3/c1-12-9-10-17(25)15(11-12)23-19-18(22)20(26)24(21(19)27)16-8-4-6-13-5-2-3-7-14(13)16/h2-11,23,25H,1H3. The Morgan fingerprint density at radius 3 is 2.52 bits per heavy atom. The predicted octanol–water partition coefficient (Wildman–Crippen LogP) is 4.29. The molecule has 0 saturated heterocycles. The zero-order valence-corrected chi connectivity index (χ0v) is 15.1. The Bertz CT molecular complexity index is 1130. The van der Waals surface area contributed by atoms with E-state index in [1.165, 1.54) is 6.07 Å². The first kappa shape index (κ1) is 17.1. The van der Waals surface area contributed by atoms with Crippen LogP contribution in [-0.2, 0) is 9.59 Å². The van der Waals surface area contributed by atoms with Crippen molar-refractivity contribution in [1.29, 1.82) is 0 Å². The number of fused-ring (bicyclic) bond motifs is 1. The van der Waals surface area contributed by atoms with Gasteiger partial charge in [-0.05, 0) is 36.1 Å². The van der Waals surface area contributed by atoms with Crippen LogP contribution >= 0.6 is 11.6 Å². The Morgan fingerprint density at radius 1 is 0.963 bits per heavy atom. The molecular weight excluding hydrogens is 364 g/mol. The first-order valence-electron chi connectivity index (χ1n) is 8.30. The van der Waals surface area contributed by atoms with E-state index >= 15 is 0 Å². The third-order valence-corrected chi connectivity index (χ3v) is 4.80. The van der Waals surface area contributed by atoms with Gasteiger partial charge in [-0.2, -0.15) is 0 Å². The molecule has 1 aliphatic heterocycles. The number of phenolic OH excluding ortho intramolecular Hbond substituents is 1. The van der Waals surface area contributed by atoms with Crippen molar-refractivity contribution < 1.29 is 14.7 Å². The number of imide groups is 1. The number of carbonyl (C=O) groups is 2. The number of aromatic hydroxyl groups is 1. The molecule has 0 aliphatic carbocycles. The van der Waals surface area contributed by atoms with Crippen molar-refractivity contribution in [2.75, 3.05) is 10.2 Å². The summed E-state index contributed by atoms with van der Waals surface area (Å²) < 4.78 is 0. The summed E-state index contributed by atoms with van der Waals surface area (Å²) in [6, 6.07) is 17.8. The average Bonchev–Trinajstić information content (AvgIpc) is 2.87. The molecule has 0 unspecified atom stereocenters. The minimum absolute atomic E-state index is 0.0403. The summed E-state index contributed by atoms with van der Waals surface area (Å²) in [5, 5.41) is 14.3. The lowest BCUT2D eigenvalue weighted by Crippen LogP contribution is -2.32. The molecule has 3 aromatic carbocycles. The summed E-state index contributed by atoms with van der Waals surface area (Å²) >= 11 is 6.18. The van der Waals surface area contributed by atoms with E-state index < -0.39 is 11.8 Å². The Morgan fingerprint density at radius 2 is 1.70 bits per heavy atom.